The van der Waals surface area contributed by atoms with E-state index >= 15 is 0 Å². The molecule has 0 aliphatic carbocycles. The van der Waals surface area contributed by atoms with Crippen LogP contribution in [0.25, 0.3) is 0 Å². The molecule has 0 aliphatic heterocycles. The lowest BCUT2D eigenvalue weighted by Gasteiger charge is -2.22. The molecule has 0 amide bonds. The Morgan fingerprint density at radius 1 is 1.00 bits per heavy atom. The van der Waals surface area contributed by atoms with Gasteiger partial charge in [0.2, 0.25) is 0 Å². The molecular weight excluding hydrogens is 311 g/mol. The molecule has 0 bridgehead atoms. The van der Waals surface area contributed by atoms with E-state index in [1.807, 2.05) is 36.4 Å². The van der Waals surface area contributed by atoms with Crippen LogP contribution < -0.4 is 0 Å². The summed E-state index contributed by atoms with van der Waals surface area (Å²) in [5.74, 6) is 0. The quantitative estimate of drug-likeness (QED) is 0.428. The summed E-state index contributed by atoms with van der Waals surface area (Å²) in [5, 5.41) is 0.0276. The van der Waals surface area contributed by atoms with Gasteiger partial charge in [0.1, 0.15) is 0 Å². The second-order valence-electron chi connectivity index (χ2n) is 5.26. The van der Waals surface area contributed by atoms with Gasteiger partial charge in [-0.25, -0.2) is 0 Å². The van der Waals surface area contributed by atoms with Gasteiger partial charge in [0.25, 0.3) is 6.57 Å². The van der Waals surface area contributed by atoms with Gasteiger partial charge >= 0.3 is 0 Å². The van der Waals surface area contributed by atoms with Crippen LogP contribution in [0, 0.1) is 0 Å². The van der Waals surface area contributed by atoms with Crippen molar-refractivity contribution in [1.82, 2.24) is 0 Å². The van der Waals surface area contributed by atoms with E-state index in [-0.39, 0.29) is 5.25 Å². The van der Waals surface area contributed by atoms with Crippen LogP contribution in [0.3, 0.4) is 0 Å². The van der Waals surface area contributed by atoms with E-state index in [1.165, 1.54) is 11.4 Å². The van der Waals surface area contributed by atoms with Crippen LogP contribution in [0.15, 0.2) is 60.7 Å². The predicted molar refractivity (Wildman–Crippen MR) is 96.7 cm³/mol. The molecule has 0 saturated heterocycles. The second kappa shape index (κ2) is 8.57. The van der Waals surface area contributed by atoms with Crippen molar-refractivity contribution in [3.8, 4) is 0 Å². The molecule has 0 N–H and O–H groups in total. The molecule has 1 atom stereocenters. The lowest BCUT2D eigenvalue weighted by molar-refractivity contribution is 0.320. The normalized spacial score (nSPS) is 14.0. The van der Waals surface area contributed by atoms with Crippen LogP contribution in [0.4, 0.5) is 0 Å². The molecule has 0 saturated carbocycles. The number of hydrogen-bond donors (Lipinski definition) is 0. The van der Waals surface area contributed by atoms with E-state index in [0.29, 0.717) is 6.61 Å². The maximum Gasteiger partial charge on any atom is 0.255 e. The minimum absolute atomic E-state index is 0.0276. The summed E-state index contributed by atoms with van der Waals surface area (Å²) in [7, 11) is 0. The molecule has 22 heavy (non-hydrogen) atoms. The van der Waals surface area contributed by atoms with Gasteiger partial charge in [-0.15, -0.1) is 0 Å². The summed E-state index contributed by atoms with van der Waals surface area (Å²) < 4.78 is 18.4. The van der Waals surface area contributed by atoms with Gasteiger partial charge in [-0.2, -0.15) is 0 Å². The average molecular weight is 334 g/mol. The SMILES string of the molecule is CCCCOP(C)(=O)SC(c1ccccc1)c1ccccc1. The smallest absolute Gasteiger partial charge is 0.255 e. The summed E-state index contributed by atoms with van der Waals surface area (Å²) in [6, 6.07) is 20.4. The van der Waals surface area contributed by atoms with Crippen molar-refractivity contribution in [3.05, 3.63) is 71.8 Å². The van der Waals surface area contributed by atoms with Gasteiger partial charge < -0.3 is 4.52 Å². The van der Waals surface area contributed by atoms with Crippen LogP contribution in [0.5, 0.6) is 0 Å². The Bertz CT molecular complexity index is 561. The Kier molecular flexibility index (Phi) is 6.75. The third-order valence-corrected chi connectivity index (χ3v) is 7.21. The second-order valence-corrected chi connectivity index (χ2v) is 10.4. The molecule has 2 aromatic rings. The maximum absolute atomic E-state index is 12.8. The van der Waals surface area contributed by atoms with Crippen LogP contribution >= 0.6 is 18.0 Å². The van der Waals surface area contributed by atoms with E-state index in [2.05, 4.69) is 31.2 Å². The highest BCUT2D eigenvalue weighted by Gasteiger charge is 2.25. The number of hydrogen-bond acceptors (Lipinski definition) is 3. The minimum atomic E-state index is -2.69. The molecule has 0 fully saturated rings. The zero-order valence-corrected chi connectivity index (χ0v) is 14.9. The highest BCUT2D eigenvalue weighted by Crippen LogP contribution is 2.63. The van der Waals surface area contributed by atoms with Gasteiger partial charge in [0.15, 0.2) is 0 Å². The summed E-state index contributed by atoms with van der Waals surface area (Å²) in [4.78, 5) is 0. The minimum Gasteiger partial charge on any atom is -0.321 e. The summed E-state index contributed by atoms with van der Waals surface area (Å²) in [6.45, 7) is 1.70. The molecule has 0 aromatic heterocycles. The average Bonchev–Trinajstić information content (AvgIpc) is 2.54. The molecule has 4 heteroatoms. The topological polar surface area (TPSA) is 26.3 Å². The molecular formula is C18H23O2PS. The van der Waals surface area contributed by atoms with Crippen LogP contribution in [0.2, 0.25) is 0 Å². The highest BCUT2D eigenvalue weighted by molar-refractivity contribution is 8.56. The third kappa shape index (κ3) is 5.31. The van der Waals surface area contributed by atoms with Crippen molar-refractivity contribution < 1.29 is 9.09 Å². The molecule has 0 heterocycles. The van der Waals surface area contributed by atoms with Gasteiger partial charge in [-0.1, -0.05) is 85.4 Å². The first-order valence-corrected chi connectivity index (χ1v) is 11.2. The largest absolute Gasteiger partial charge is 0.321 e. The lowest BCUT2D eigenvalue weighted by Crippen LogP contribution is -1.98. The number of benzene rings is 2. The standard InChI is InChI=1S/C18H23O2PS/c1-3-4-15-20-21(2,19)22-18(16-11-7-5-8-12-16)17-13-9-6-10-14-17/h5-14,18H,3-4,15H2,1-2H3. The van der Waals surface area contributed by atoms with E-state index < -0.39 is 6.57 Å². The van der Waals surface area contributed by atoms with Gasteiger partial charge in [0.05, 0.1) is 11.9 Å². The van der Waals surface area contributed by atoms with E-state index in [4.69, 9.17) is 4.52 Å². The van der Waals surface area contributed by atoms with Crippen molar-refractivity contribution in [2.24, 2.45) is 0 Å². The van der Waals surface area contributed by atoms with Crippen LogP contribution in [0.1, 0.15) is 36.1 Å². The molecule has 2 rings (SSSR count). The third-order valence-electron chi connectivity index (χ3n) is 3.33. The summed E-state index contributed by atoms with van der Waals surface area (Å²) >= 11 is 1.44. The first-order chi connectivity index (χ1) is 10.6. The number of unbranched alkanes of at least 4 members (excludes halogenated alkanes) is 1. The van der Waals surface area contributed by atoms with Gasteiger partial charge in [0, 0.05) is 6.66 Å². The Hall–Kier alpha value is -1.02. The first-order valence-electron chi connectivity index (χ1n) is 7.63. The van der Waals surface area contributed by atoms with Gasteiger partial charge in [-0.3, -0.25) is 4.57 Å². The fourth-order valence-corrected chi connectivity index (χ4v) is 5.91. The molecule has 0 aliphatic rings. The van der Waals surface area contributed by atoms with Crippen LogP contribution in [-0.2, 0) is 9.09 Å². The number of rotatable bonds is 8. The van der Waals surface area contributed by atoms with E-state index in [9.17, 15) is 4.57 Å². The Morgan fingerprint density at radius 3 is 1.95 bits per heavy atom. The van der Waals surface area contributed by atoms with Crippen molar-refractivity contribution in [2.45, 2.75) is 25.0 Å². The predicted octanol–water partition coefficient (Wildman–Crippen LogP) is 6.15. The van der Waals surface area contributed by atoms with Crippen molar-refractivity contribution in [2.75, 3.05) is 13.3 Å². The Labute approximate surface area is 137 Å². The molecule has 0 radical (unpaired) electrons. The summed E-state index contributed by atoms with van der Waals surface area (Å²) in [5.41, 5.74) is 2.31. The van der Waals surface area contributed by atoms with Gasteiger partial charge in [-0.05, 0) is 17.5 Å². The van der Waals surface area contributed by atoms with E-state index in [0.717, 1.165) is 24.0 Å². The monoisotopic (exact) mass is 334 g/mol. The molecule has 118 valence electrons. The maximum atomic E-state index is 12.8. The van der Waals surface area contributed by atoms with Crippen LogP contribution in [-0.4, -0.2) is 13.3 Å². The fraction of sp³-hybridized carbons (Fsp3) is 0.333. The van der Waals surface area contributed by atoms with Crippen molar-refractivity contribution in [1.29, 1.82) is 0 Å². The zero-order valence-electron chi connectivity index (χ0n) is 13.1. The molecule has 1 unspecified atom stereocenters. The Morgan fingerprint density at radius 2 is 1.50 bits per heavy atom. The lowest BCUT2D eigenvalue weighted by atomic mass is 10.0. The zero-order chi connectivity index (χ0) is 15.8. The fourth-order valence-electron chi connectivity index (χ4n) is 2.17. The van der Waals surface area contributed by atoms with Crippen molar-refractivity contribution >= 4 is 18.0 Å². The van der Waals surface area contributed by atoms with Crippen molar-refractivity contribution in [3.63, 3.8) is 0 Å². The summed E-state index contributed by atoms with van der Waals surface area (Å²) in [6.07, 6.45) is 1.99. The highest BCUT2D eigenvalue weighted by atomic mass is 32.7. The molecule has 0 spiro atoms. The Balaban J connectivity index is 2.21. The first kappa shape index (κ1) is 17.3. The molecule has 2 aromatic carbocycles. The molecule has 2 nitrogen and oxygen atoms in total. The van der Waals surface area contributed by atoms with E-state index in [1.54, 1.807) is 6.66 Å².